The van der Waals surface area contributed by atoms with Gasteiger partial charge in [-0.3, -0.25) is 14.3 Å². The number of ether oxygens (including phenoxy) is 2. The Morgan fingerprint density at radius 2 is 1.85 bits per heavy atom. The quantitative estimate of drug-likeness (QED) is 0.266. The van der Waals surface area contributed by atoms with E-state index < -0.39 is 44.3 Å². The molecule has 53 heavy (non-hydrogen) atoms. The van der Waals surface area contributed by atoms with Gasteiger partial charge in [0.25, 0.3) is 5.91 Å². The van der Waals surface area contributed by atoms with Crippen molar-refractivity contribution in [3.63, 3.8) is 0 Å². The first-order valence-electron chi connectivity index (χ1n) is 18.8. The normalized spacial score (nSPS) is 26.1. The van der Waals surface area contributed by atoms with Crippen molar-refractivity contribution in [3.05, 3.63) is 34.8 Å². The zero-order valence-electron chi connectivity index (χ0n) is 31.1. The summed E-state index contributed by atoms with van der Waals surface area (Å²) in [6.07, 6.45) is 6.16. The minimum Gasteiger partial charge on any atom is -0.496 e. The van der Waals surface area contributed by atoms with Crippen molar-refractivity contribution in [2.45, 2.75) is 120 Å². The summed E-state index contributed by atoms with van der Waals surface area (Å²) in [5.41, 5.74) is 1.80. The zero-order valence-corrected chi connectivity index (χ0v) is 32.8. The van der Waals surface area contributed by atoms with Crippen LogP contribution in [0.15, 0.2) is 23.6 Å². The van der Waals surface area contributed by atoms with Crippen LogP contribution in [0, 0.1) is 12.8 Å². The molecule has 286 valence electrons. The molecule has 4 fully saturated rings. The second-order valence-electron chi connectivity index (χ2n) is 15.7. The second kappa shape index (κ2) is 14.3. The molecule has 4 amide bonds. The Morgan fingerprint density at radius 3 is 2.57 bits per heavy atom. The maximum Gasteiger partial charge on any atom is 0.318 e. The molecule has 4 heterocycles. The first-order chi connectivity index (χ1) is 25.2. The molecule has 2 aliphatic heterocycles. The van der Waals surface area contributed by atoms with Crippen LogP contribution in [0.25, 0.3) is 21.6 Å². The van der Waals surface area contributed by atoms with E-state index >= 15 is 0 Å². The Kier molecular flexibility index (Phi) is 10.1. The molecule has 1 aromatic carbocycles. The molecule has 4 aliphatic rings. The van der Waals surface area contributed by atoms with Crippen molar-refractivity contribution in [2.24, 2.45) is 5.92 Å². The topological polar surface area (TPSA) is 169 Å². The summed E-state index contributed by atoms with van der Waals surface area (Å²) >= 11 is 1.51. The predicted molar refractivity (Wildman–Crippen MR) is 203 cm³/mol. The van der Waals surface area contributed by atoms with E-state index in [4.69, 9.17) is 19.4 Å². The van der Waals surface area contributed by atoms with E-state index in [-0.39, 0.29) is 30.8 Å². The first-order valence-corrected chi connectivity index (χ1v) is 21.2. The van der Waals surface area contributed by atoms with Gasteiger partial charge < -0.3 is 25.0 Å². The monoisotopic (exact) mass is 766 g/mol. The third kappa shape index (κ3) is 7.30. The average molecular weight is 767 g/mol. The third-order valence-electron chi connectivity index (χ3n) is 11.5. The predicted octanol–water partition coefficient (Wildman–Crippen LogP) is 5.56. The Balaban J connectivity index is 1.19. The number of urea groups is 1. The number of rotatable bonds is 8. The Hall–Kier alpha value is -3.98. The van der Waals surface area contributed by atoms with E-state index in [0.717, 1.165) is 53.8 Å². The molecule has 3 aromatic rings. The fraction of sp³-hybridized carbons (Fsp3) is 0.605. The van der Waals surface area contributed by atoms with Crippen LogP contribution in [0.2, 0.25) is 0 Å². The number of benzene rings is 1. The van der Waals surface area contributed by atoms with E-state index in [1.807, 2.05) is 30.5 Å². The Labute approximate surface area is 315 Å². The lowest BCUT2D eigenvalue weighted by Gasteiger charge is -2.27. The number of nitrogens with zero attached hydrogens (tertiary/aromatic N) is 3. The van der Waals surface area contributed by atoms with Crippen LogP contribution in [-0.2, 0) is 19.6 Å². The number of hydrogen-bond acceptors (Lipinski definition) is 10. The standard InChI is InChI=1S/C38H50N6O7S2/c1-22(2)28-21-52-34(41-28)27-18-31(26-12-13-30(50-5)23(3)32(26)40-27)51-25-17-29-33(45)42-38(35(46)43-53(48,49)37(4)14-15-37)19-24(38)11-9-7-6-8-10-16-39-36(47)44(29)20-25/h12-13,18,21-22,24-25,29H,6-11,14-17,19-20H2,1-5H3,(H,39,47)(H,42,45)(H,43,46)/t24-,25-,29+,38-/m1/s1. The lowest BCUT2D eigenvalue weighted by atomic mass is 10.0. The van der Waals surface area contributed by atoms with Crippen LogP contribution in [0.5, 0.6) is 11.5 Å². The van der Waals surface area contributed by atoms with E-state index in [1.54, 1.807) is 14.0 Å². The number of carbonyl (C=O) groups is 3. The van der Waals surface area contributed by atoms with E-state index in [1.165, 1.54) is 16.2 Å². The van der Waals surface area contributed by atoms with Crippen molar-refractivity contribution < 1.29 is 32.3 Å². The maximum atomic E-state index is 14.3. The SMILES string of the molecule is COc1ccc2c(O[C@@H]3C[C@H]4C(=O)N[C@]5(C(=O)NS(=O)(=O)C6(C)CC6)C[C@H]5CCCCCCCNC(=O)N4C3)cc(-c3nc(C(C)C)cs3)nc2c1C. The van der Waals surface area contributed by atoms with Gasteiger partial charge in [-0.2, -0.15) is 0 Å². The highest BCUT2D eigenvalue weighted by Gasteiger charge is 2.63. The lowest BCUT2D eigenvalue weighted by molar-refractivity contribution is -0.131. The van der Waals surface area contributed by atoms with Gasteiger partial charge in [0.05, 0.1) is 29.6 Å². The van der Waals surface area contributed by atoms with Crippen LogP contribution in [0.3, 0.4) is 0 Å². The summed E-state index contributed by atoms with van der Waals surface area (Å²) in [6.45, 7) is 8.36. The average Bonchev–Trinajstić information content (AvgIpc) is 3.89. The lowest BCUT2D eigenvalue weighted by Crippen LogP contribution is -2.58. The van der Waals surface area contributed by atoms with Crippen LogP contribution in [-0.4, -0.2) is 83.8 Å². The summed E-state index contributed by atoms with van der Waals surface area (Å²) in [5, 5.41) is 9.51. The highest BCUT2D eigenvalue weighted by Crippen LogP contribution is 2.49. The third-order valence-corrected chi connectivity index (χ3v) is 14.6. The van der Waals surface area contributed by atoms with Gasteiger partial charge >= 0.3 is 6.03 Å². The number of fused-ring (bicyclic) bond motifs is 3. The zero-order chi connectivity index (χ0) is 37.7. The molecule has 7 rings (SSSR count). The summed E-state index contributed by atoms with van der Waals surface area (Å²) < 4.78 is 39.9. The van der Waals surface area contributed by atoms with Crippen LogP contribution in [0.1, 0.15) is 102 Å². The van der Waals surface area contributed by atoms with E-state index in [0.29, 0.717) is 54.9 Å². The summed E-state index contributed by atoms with van der Waals surface area (Å²) in [4.78, 5) is 53.1. The van der Waals surface area contributed by atoms with Gasteiger partial charge in [0.15, 0.2) is 0 Å². The van der Waals surface area contributed by atoms with E-state index in [2.05, 4.69) is 29.2 Å². The number of methoxy groups -OCH3 is 1. The molecule has 2 saturated heterocycles. The highest BCUT2D eigenvalue weighted by atomic mass is 32.2. The fourth-order valence-corrected chi connectivity index (χ4v) is 9.86. The molecule has 0 spiro atoms. The van der Waals surface area contributed by atoms with Gasteiger partial charge in [0.1, 0.15) is 39.9 Å². The number of aryl methyl sites for hydroxylation is 1. The number of hydrogen-bond donors (Lipinski definition) is 3. The van der Waals surface area contributed by atoms with Gasteiger partial charge in [-0.05, 0) is 69.9 Å². The number of amides is 4. The minimum atomic E-state index is -3.91. The summed E-state index contributed by atoms with van der Waals surface area (Å²) in [5.74, 6) is 0.0891. The largest absolute Gasteiger partial charge is 0.496 e. The molecule has 2 aliphatic carbocycles. The molecule has 0 bridgehead atoms. The van der Waals surface area contributed by atoms with Gasteiger partial charge in [-0.25, -0.2) is 23.2 Å². The number of sulfonamides is 1. The highest BCUT2D eigenvalue weighted by molar-refractivity contribution is 7.91. The number of thiazole rings is 1. The van der Waals surface area contributed by atoms with Crippen molar-refractivity contribution in [1.82, 2.24) is 30.2 Å². The number of aromatic nitrogens is 2. The molecular weight excluding hydrogens is 717 g/mol. The van der Waals surface area contributed by atoms with Gasteiger partial charge in [0, 0.05) is 35.4 Å². The molecule has 3 N–H and O–H groups in total. The van der Waals surface area contributed by atoms with Crippen molar-refractivity contribution >= 4 is 50.1 Å². The molecule has 2 saturated carbocycles. The summed E-state index contributed by atoms with van der Waals surface area (Å²) in [6, 6.07) is 4.30. The van der Waals surface area contributed by atoms with Crippen LogP contribution < -0.4 is 24.8 Å². The number of carbonyl (C=O) groups excluding carboxylic acids is 3. The molecule has 0 unspecified atom stereocenters. The van der Waals surface area contributed by atoms with Crippen molar-refractivity contribution in [3.8, 4) is 22.2 Å². The van der Waals surface area contributed by atoms with Gasteiger partial charge in [-0.15, -0.1) is 11.3 Å². The van der Waals surface area contributed by atoms with Crippen LogP contribution in [0.4, 0.5) is 4.79 Å². The molecule has 0 radical (unpaired) electrons. The molecular formula is C38H50N6O7S2. The number of nitrogens with one attached hydrogen (secondary N) is 3. The van der Waals surface area contributed by atoms with Crippen LogP contribution >= 0.6 is 11.3 Å². The minimum absolute atomic E-state index is 0.127. The van der Waals surface area contributed by atoms with Crippen molar-refractivity contribution in [1.29, 1.82) is 0 Å². The van der Waals surface area contributed by atoms with E-state index in [9.17, 15) is 22.8 Å². The fourth-order valence-electron chi connectivity index (χ4n) is 7.61. The first kappa shape index (κ1) is 37.3. The number of pyridine rings is 1. The maximum absolute atomic E-state index is 14.3. The Bertz CT molecular complexity index is 2030. The van der Waals surface area contributed by atoms with Gasteiger partial charge in [-0.1, -0.05) is 39.5 Å². The summed E-state index contributed by atoms with van der Waals surface area (Å²) in [7, 11) is -2.30. The molecule has 2 aromatic heterocycles. The Morgan fingerprint density at radius 1 is 1.09 bits per heavy atom. The second-order valence-corrected chi connectivity index (χ2v) is 18.8. The molecule has 13 nitrogen and oxygen atoms in total. The smallest absolute Gasteiger partial charge is 0.318 e. The van der Waals surface area contributed by atoms with Gasteiger partial charge in [0.2, 0.25) is 15.9 Å². The molecule has 4 atom stereocenters. The van der Waals surface area contributed by atoms with Crippen molar-refractivity contribution in [2.75, 3.05) is 20.2 Å². The molecule has 15 heteroatoms.